The van der Waals surface area contributed by atoms with Gasteiger partial charge >= 0.3 is 0 Å². The maximum Gasteiger partial charge on any atom is 0.251 e. The van der Waals surface area contributed by atoms with E-state index in [-0.39, 0.29) is 30.7 Å². The Kier molecular flexibility index (Phi) is 10.5. The number of nitrogens with two attached hydrogens (primary N) is 1. The number of halogens is 2. The molecule has 122 valence electrons. The zero-order valence-corrected chi connectivity index (χ0v) is 15.3. The van der Waals surface area contributed by atoms with Crippen molar-refractivity contribution in [2.75, 3.05) is 13.1 Å². The number of nitrogens with zero attached hydrogens (tertiary/aromatic N) is 1. The third-order valence-electron chi connectivity index (χ3n) is 2.60. The molecule has 0 fully saturated rings. The molecule has 1 amide bonds. The number of hydrogen-bond acceptors (Lipinski definition) is 5. The highest BCUT2D eigenvalue weighted by Gasteiger charge is 2.05. The largest absolute Gasteiger partial charge is 0.351 e. The van der Waals surface area contributed by atoms with Crippen LogP contribution < -0.4 is 11.1 Å². The van der Waals surface area contributed by atoms with Gasteiger partial charge in [-0.15, -0.1) is 47.9 Å². The molecule has 0 bridgehead atoms. The summed E-state index contributed by atoms with van der Waals surface area (Å²) in [6.07, 6.45) is 0. The molecule has 8 heteroatoms. The lowest BCUT2D eigenvalue weighted by molar-refractivity contribution is 0.0954. The fourth-order valence-corrected chi connectivity index (χ4v) is 3.13. The zero-order chi connectivity index (χ0) is 14.4. The van der Waals surface area contributed by atoms with E-state index in [0.29, 0.717) is 18.7 Å². The second kappa shape index (κ2) is 10.9. The Hall–Kier alpha value is -0.790. The van der Waals surface area contributed by atoms with Gasteiger partial charge < -0.3 is 11.1 Å². The number of aromatic nitrogens is 1. The molecule has 22 heavy (non-hydrogen) atoms. The molecule has 0 saturated heterocycles. The van der Waals surface area contributed by atoms with E-state index < -0.39 is 0 Å². The number of aryl methyl sites for hydroxylation is 1. The Morgan fingerprint density at radius 1 is 1.32 bits per heavy atom. The van der Waals surface area contributed by atoms with E-state index in [1.165, 1.54) is 0 Å². The number of nitrogens with one attached hydrogen (secondary N) is 1. The minimum Gasteiger partial charge on any atom is -0.351 e. The maximum atomic E-state index is 11.7. The van der Waals surface area contributed by atoms with E-state index in [4.69, 9.17) is 5.73 Å². The van der Waals surface area contributed by atoms with Crippen LogP contribution in [0.25, 0.3) is 0 Å². The van der Waals surface area contributed by atoms with Gasteiger partial charge in [-0.25, -0.2) is 4.98 Å². The number of benzene rings is 1. The van der Waals surface area contributed by atoms with Crippen LogP contribution in [0.4, 0.5) is 0 Å². The Morgan fingerprint density at radius 3 is 2.55 bits per heavy atom. The van der Waals surface area contributed by atoms with Crippen molar-refractivity contribution < 1.29 is 4.79 Å². The van der Waals surface area contributed by atoms with Gasteiger partial charge in [-0.2, -0.15) is 0 Å². The quantitative estimate of drug-likeness (QED) is 0.755. The first-order valence-corrected chi connectivity index (χ1v) is 8.17. The Balaban J connectivity index is 0.00000220. The molecule has 4 nitrogen and oxygen atoms in total. The summed E-state index contributed by atoms with van der Waals surface area (Å²) in [6.45, 7) is 2.96. The van der Waals surface area contributed by atoms with Crippen molar-refractivity contribution in [3.8, 4) is 0 Å². The highest BCUT2D eigenvalue weighted by atomic mass is 35.5. The molecule has 2 aromatic rings. The van der Waals surface area contributed by atoms with Gasteiger partial charge in [-0.3, -0.25) is 4.79 Å². The van der Waals surface area contributed by atoms with Gasteiger partial charge in [0.25, 0.3) is 5.91 Å². The number of thiazole rings is 1. The molecule has 0 radical (unpaired) electrons. The molecular formula is C14H19Cl2N3OS2. The fourth-order valence-electron chi connectivity index (χ4n) is 1.62. The molecule has 0 aliphatic carbocycles. The molecule has 1 heterocycles. The third-order valence-corrected chi connectivity index (χ3v) is 4.47. The summed E-state index contributed by atoms with van der Waals surface area (Å²) in [6, 6.07) is 7.59. The highest BCUT2D eigenvalue weighted by Crippen LogP contribution is 2.23. The van der Waals surface area contributed by atoms with Crippen molar-refractivity contribution in [2.24, 2.45) is 5.73 Å². The van der Waals surface area contributed by atoms with Gasteiger partial charge in [0.1, 0.15) is 0 Å². The first kappa shape index (κ1) is 21.2. The lowest BCUT2D eigenvalue weighted by Gasteiger charge is -2.04. The van der Waals surface area contributed by atoms with E-state index in [0.717, 1.165) is 21.3 Å². The molecule has 1 aromatic carbocycles. The van der Waals surface area contributed by atoms with Crippen LogP contribution in [0.5, 0.6) is 0 Å². The van der Waals surface area contributed by atoms with Crippen LogP contribution in [0, 0.1) is 6.92 Å². The van der Waals surface area contributed by atoms with Gasteiger partial charge in [-0.1, -0.05) is 0 Å². The van der Waals surface area contributed by atoms with E-state index in [9.17, 15) is 4.79 Å². The number of hydrogen-bond donors (Lipinski definition) is 2. The monoisotopic (exact) mass is 379 g/mol. The molecule has 2 rings (SSSR count). The normalized spacial score (nSPS) is 9.55. The van der Waals surface area contributed by atoms with Crippen LogP contribution in [0.1, 0.15) is 21.1 Å². The smallest absolute Gasteiger partial charge is 0.251 e. The first-order valence-electron chi connectivity index (χ1n) is 6.31. The Labute approximate surface area is 151 Å². The topological polar surface area (TPSA) is 68.0 Å². The van der Waals surface area contributed by atoms with Crippen molar-refractivity contribution in [3.63, 3.8) is 0 Å². The molecule has 0 unspecified atom stereocenters. The minimum atomic E-state index is -0.0814. The van der Waals surface area contributed by atoms with Gasteiger partial charge in [0.2, 0.25) is 0 Å². The van der Waals surface area contributed by atoms with Gasteiger partial charge in [0.15, 0.2) is 0 Å². The fraction of sp³-hybridized carbons (Fsp3) is 0.286. The van der Waals surface area contributed by atoms with Gasteiger partial charge in [-0.05, 0) is 31.2 Å². The van der Waals surface area contributed by atoms with Crippen LogP contribution in [-0.4, -0.2) is 24.0 Å². The molecule has 0 atom stereocenters. The van der Waals surface area contributed by atoms with Gasteiger partial charge in [0.05, 0.1) is 10.7 Å². The summed E-state index contributed by atoms with van der Waals surface area (Å²) in [5.41, 5.74) is 7.11. The summed E-state index contributed by atoms with van der Waals surface area (Å²) in [5.74, 6) is 0.769. The third kappa shape index (κ3) is 6.54. The average molecular weight is 380 g/mol. The van der Waals surface area contributed by atoms with Crippen molar-refractivity contribution in [1.29, 1.82) is 0 Å². The Morgan fingerprint density at radius 2 is 2.00 bits per heavy atom. The molecule has 1 aromatic heterocycles. The standard InChI is InChI=1S/C14H17N3OS2.2ClH/c1-10-17-12(8-19-10)9-20-13-4-2-11(3-5-13)14(18)16-7-6-15;;/h2-5,8H,6-7,9,15H2,1H3,(H,16,18);2*1H. The highest BCUT2D eigenvalue weighted by molar-refractivity contribution is 7.98. The molecule has 0 saturated carbocycles. The number of carbonyl (C=O) groups excluding carboxylic acids is 1. The molecule has 3 N–H and O–H groups in total. The molecular weight excluding hydrogens is 361 g/mol. The minimum absolute atomic E-state index is 0. The van der Waals surface area contributed by atoms with E-state index in [2.05, 4.69) is 15.7 Å². The zero-order valence-electron chi connectivity index (χ0n) is 12.1. The lowest BCUT2D eigenvalue weighted by Crippen LogP contribution is -2.28. The summed E-state index contributed by atoms with van der Waals surface area (Å²) in [4.78, 5) is 17.3. The van der Waals surface area contributed by atoms with Crippen molar-refractivity contribution in [1.82, 2.24) is 10.3 Å². The summed E-state index contributed by atoms with van der Waals surface area (Å²) in [7, 11) is 0. The molecule has 0 spiro atoms. The van der Waals surface area contributed by atoms with Crippen LogP contribution in [-0.2, 0) is 5.75 Å². The van der Waals surface area contributed by atoms with Crippen LogP contribution in [0.3, 0.4) is 0 Å². The van der Waals surface area contributed by atoms with E-state index >= 15 is 0 Å². The Bertz CT molecular complexity index is 576. The van der Waals surface area contributed by atoms with E-state index in [1.807, 2.05) is 31.2 Å². The second-order valence-electron chi connectivity index (χ2n) is 4.22. The van der Waals surface area contributed by atoms with Crippen molar-refractivity contribution in [3.05, 3.63) is 45.9 Å². The predicted octanol–water partition coefficient (Wildman–Crippen LogP) is 3.28. The average Bonchev–Trinajstić information content (AvgIpc) is 2.89. The number of carbonyl (C=O) groups is 1. The van der Waals surface area contributed by atoms with Crippen LogP contribution in [0.15, 0.2) is 34.5 Å². The molecule has 0 aliphatic rings. The number of amides is 1. The summed E-state index contributed by atoms with van der Waals surface area (Å²) >= 11 is 3.38. The van der Waals surface area contributed by atoms with Crippen LogP contribution >= 0.6 is 47.9 Å². The summed E-state index contributed by atoms with van der Waals surface area (Å²) < 4.78 is 0. The van der Waals surface area contributed by atoms with E-state index in [1.54, 1.807) is 23.1 Å². The number of rotatable bonds is 6. The predicted molar refractivity (Wildman–Crippen MR) is 98.7 cm³/mol. The SMILES string of the molecule is Cc1nc(CSc2ccc(C(=O)NCCN)cc2)cs1.Cl.Cl. The molecule has 0 aliphatic heterocycles. The number of thioether (sulfide) groups is 1. The lowest BCUT2D eigenvalue weighted by atomic mass is 10.2. The van der Waals surface area contributed by atoms with Gasteiger partial charge in [0, 0.05) is 34.7 Å². The van der Waals surface area contributed by atoms with Crippen molar-refractivity contribution >= 4 is 53.8 Å². The summed E-state index contributed by atoms with van der Waals surface area (Å²) in [5, 5.41) is 5.92. The second-order valence-corrected chi connectivity index (χ2v) is 6.33. The maximum absolute atomic E-state index is 11.7. The van der Waals surface area contributed by atoms with Crippen LogP contribution in [0.2, 0.25) is 0 Å². The first-order chi connectivity index (χ1) is 9.69. The van der Waals surface area contributed by atoms with Crippen molar-refractivity contribution in [2.45, 2.75) is 17.6 Å².